The molecule has 0 saturated carbocycles. The highest BCUT2D eigenvalue weighted by molar-refractivity contribution is 5.91. The van der Waals surface area contributed by atoms with Crippen molar-refractivity contribution >= 4 is 5.97 Å². The second-order valence-electron chi connectivity index (χ2n) is 7.19. The van der Waals surface area contributed by atoms with Gasteiger partial charge in [-0.2, -0.15) is 0 Å². The van der Waals surface area contributed by atoms with Crippen molar-refractivity contribution in [2.75, 3.05) is 0 Å². The van der Waals surface area contributed by atoms with E-state index in [9.17, 15) is 4.79 Å². The third kappa shape index (κ3) is 5.07. The fourth-order valence-electron chi connectivity index (χ4n) is 2.95. The third-order valence-electron chi connectivity index (χ3n) is 4.92. The first-order valence-electron chi connectivity index (χ1n) is 9.53. The maximum absolute atomic E-state index is 12.2. The number of rotatable bonds is 6. The maximum Gasteiger partial charge on any atom is 0.343 e. The molecule has 0 amide bonds. The first kappa shape index (κ1) is 18.9. The van der Waals surface area contributed by atoms with Gasteiger partial charge in [0.05, 0.1) is 5.56 Å². The third-order valence-corrected chi connectivity index (χ3v) is 4.92. The number of esters is 1. The van der Waals surface area contributed by atoms with Crippen LogP contribution in [-0.4, -0.2) is 5.97 Å². The van der Waals surface area contributed by atoms with E-state index in [0.717, 1.165) is 17.5 Å². The minimum absolute atomic E-state index is 0.336. The monoisotopic (exact) mass is 358 g/mol. The summed E-state index contributed by atoms with van der Waals surface area (Å²) in [5, 5.41) is 0. The van der Waals surface area contributed by atoms with Crippen LogP contribution in [0.3, 0.4) is 0 Å². The first-order chi connectivity index (χ1) is 13.0. The van der Waals surface area contributed by atoms with E-state index in [1.54, 1.807) is 12.1 Å². The molecule has 1 unspecified atom stereocenters. The van der Waals surface area contributed by atoms with Crippen LogP contribution in [-0.2, 0) is 6.42 Å². The normalized spacial score (nSPS) is 11.8. The standard InChI is InChI=1S/C25H26O2/c1-4-18(2)17-20-7-11-21(12-8-20)22-13-15-24(16-14-22)27-25(26)23-9-5-19(3)6-10-23/h5-16,18H,4,17H2,1-3H3. The fraction of sp³-hybridized carbons (Fsp3) is 0.240. The van der Waals surface area contributed by atoms with Gasteiger partial charge in [0.25, 0.3) is 0 Å². The van der Waals surface area contributed by atoms with E-state index in [2.05, 4.69) is 38.1 Å². The van der Waals surface area contributed by atoms with Crippen LogP contribution in [0, 0.1) is 12.8 Å². The molecular weight excluding hydrogens is 332 g/mol. The molecule has 1 atom stereocenters. The van der Waals surface area contributed by atoms with Crippen molar-refractivity contribution in [3.05, 3.63) is 89.5 Å². The zero-order valence-electron chi connectivity index (χ0n) is 16.2. The average Bonchev–Trinajstić information content (AvgIpc) is 2.69. The number of aryl methyl sites for hydroxylation is 1. The lowest BCUT2D eigenvalue weighted by Crippen LogP contribution is -2.08. The van der Waals surface area contributed by atoms with Crippen LogP contribution in [0.1, 0.15) is 41.8 Å². The Morgan fingerprint density at radius 1 is 0.852 bits per heavy atom. The molecule has 2 nitrogen and oxygen atoms in total. The number of hydrogen-bond donors (Lipinski definition) is 0. The van der Waals surface area contributed by atoms with Crippen molar-refractivity contribution in [3.8, 4) is 16.9 Å². The molecule has 3 rings (SSSR count). The number of carbonyl (C=O) groups excluding carboxylic acids is 1. The number of hydrogen-bond acceptors (Lipinski definition) is 2. The van der Waals surface area contributed by atoms with Gasteiger partial charge in [-0.15, -0.1) is 0 Å². The Morgan fingerprint density at radius 2 is 1.41 bits per heavy atom. The molecule has 0 saturated heterocycles. The van der Waals surface area contributed by atoms with Crippen molar-refractivity contribution in [3.63, 3.8) is 0 Å². The number of ether oxygens (including phenoxy) is 1. The molecule has 2 heteroatoms. The van der Waals surface area contributed by atoms with Gasteiger partial charge in [0.15, 0.2) is 0 Å². The predicted molar refractivity (Wildman–Crippen MR) is 111 cm³/mol. The van der Waals surface area contributed by atoms with Crippen molar-refractivity contribution in [2.45, 2.75) is 33.6 Å². The van der Waals surface area contributed by atoms with Crippen molar-refractivity contribution in [1.29, 1.82) is 0 Å². The fourth-order valence-corrected chi connectivity index (χ4v) is 2.95. The highest BCUT2D eigenvalue weighted by Crippen LogP contribution is 2.24. The van der Waals surface area contributed by atoms with Gasteiger partial charge in [-0.3, -0.25) is 0 Å². The summed E-state index contributed by atoms with van der Waals surface area (Å²) in [6, 6.07) is 23.8. The zero-order valence-corrected chi connectivity index (χ0v) is 16.2. The average molecular weight is 358 g/mol. The van der Waals surface area contributed by atoms with Crippen LogP contribution >= 0.6 is 0 Å². The lowest BCUT2D eigenvalue weighted by molar-refractivity contribution is 0.0735. The second kappa shape index (κ2) is 8.68. The summed E-state index contributed by atoms with van der Waals surface area (Å²) in [6.45, 7) is 6.50. The molecule has 0 bridgehead atoms. The summed E-state index contributed by atoms with van der Waals surface area (Å²) < 4.78 is 5.47. The van der Waals surface area contributed by atoms with Crippen LogP contribution in [0.25, 0.3) is 11.1 Å². The molecule has 0 fully saturated rings. The van der Waals surface area contributed by atoms with Gasteiger partial charge < -0.3 is 4.74 Å². The zero-order chi connectivity index (χ0) is 19.2. The Labute approximate surface area is 161 Å². The minimum Gasteiger partial charge on any atom is -0.423 e. The molecule has 27 heavy (non-hydrogen) atoms. The molecule has 0 spiro atoms. The van der Waals surface area contributed by atoms with E-state index in [-0.39, 0.29) is 5.97 Å². The van der Waals surface area contributed by atoms with Crippen molar-refractivity contribution in [2.24, 2.45) is 5.92 Å². The van der Waals surface area contributed by atoms with Crippen LogP contribution in [0.2, 0.25) is 0 Å². The Kier molecular flexibility index (Phi) is 6.08. The molecule has 3 aromatic rings. The van der Waals surface area contributed by atoms with Gasteiger partial charge in [0, 0.05) is 0 Å². The quantitative estimate of drug-likeness (QED) is 0.373. The minimum atomic E-state index is -0.336. The van der Waals surface area contributed by atoms with Gasteiger partial charge in [0.2, 0.25) is 0 Å². The van der Waals surface area contributed by atoms with E-state index in [1.807, 2.05) is 43.3 Å². The summed E-state index contributed by atoms with van der Waals surface area (Å²) in [7, 11) is 0. The molecule has 0 aliphatic carbocycles. The lowest BCUT2D eigenvalue weighted by atomic mass is 9.97. The molecule has 0 heterocycles. The van der Waals surface area contributed by atoms with Crippen molar-refractivity contribution in [1.82, 2.24) is 0 Å². The molecule has 0 aromatic heterocycles. The van der Waals surface area contributed by atoms with Gasteiger partial charge in [0.1, 0.15) is 5.75 Å². The predicted octanol–water partition coefficient (Wildman–Crippen LogP) is 6.47. The van der Waals surface area contributed by atoms with E-state index >= 15 is 0 Å². The summed E-state index contributed by atoms with van der Waals surface area (Å²) in [4.78, 5) is 12.2. The number of benzene rings is 3. The largest absolute Gasteiger partial charge is 0.423 e. The molecule has 0 aliphatic heterocycles. The summed E-state index contributed by atoms with van der Waals surface area (Å²) in [5.41, 5.74) is 5.32. The van der Waals surface area contributed by atoms with Gasteiger partial charge in [-0.25, -0.2) is 4.79 Å². The summed E-state index contributed by atoms with van der Waals surface area (Å²) >= 11 is 0. The van der Waals surface area contributed by atoms with E-state index in [0.29, 0.717) is 17.2 Å². The first-order valence-corrected chi connectivity index (χ1v) is 9.53. The Hall–Kier alpha value is -2.87. The van der Waals surface area contributed by atoms with Crippen molar-refractivity contribution < 1.29 is 9.53 Å². The van der Waals surface area contributed by atoms with Gasteiger partial charge in [-0.1, -0.05) is 74.4 Å². The van der Waals surface area contributed by atoms with E-state index in [4.69, 9.17) is 4.74 Å². The van der Waals surface area contributed by atoms with E-state index < -0.39 is 0 Å². The Morgan fingerprint density at radius 3 is 1.96 bits per heavy atom. The molecule has 0 N–H and O–H groups in total. The SMILES string of the molecule is CCC(C)Cc1ccc(-c2ccc(OC(=O)c3ccc(C)cc3)cc2)cc1. The summed E-state index contributed by atoms with van der Waals surface area (Å²) in [6.07, 6.45) is 2.31. The molecular formula is C25H26O2. The molecule has 0 aliphatic rings. The molecule has 0 radical (unpaired) electrons. The van der Waals surface area contributed by atoms with Gasteiger partial charge >= 0.3 is 5.97 Å². The Bertz CT molecular complexity index is 875. The highest BCUT2D eigenvalue weighted by atomic mass is 16.5. The molecule has 138 valence electrons. The van der Waals surface area contributed by atoms with Gasteiger partial charge in [-0.05, 0) is 60.2 Å². The van der Waals surface area contributed by atoms with Crippen LogP contribution in [0.5, 0.6) is 5.75 Å². The van der Waals surface area contributed by atoms with E-state index in [1.165, 1.54) is 17.5 Å². The highest BCUT2D eigenvalue weighted by Gasteiger charge is 2.08. The van der Waals surface area contributed by atoms with Crippen LogP contribution in [0.4, 0.5) is 0 Å². The topological polar surface area (TPSA) is 26.3 Å². The number of carbonyl (C=O) groups is 1. The van der Waals surface area contributed by atoms with Crippen LogP contribution in [0.15, 0.2) is 72.8 Å². The Balaban J connectivity index is 1.66. The smallest absolute Gasteiger partial charge is 0.343 e. The molecule has 3 aromatic carbocycles. The second-order valence-corrected chi connectivity index (χ2v) is 7.19. The van der Waals surface area contributed by atoms with Crippen LogP contribution < -0.4 is 4.74 Å². The maximum atomic E-state index is 12.2. The lowest BCUT2D eigenvalue weighted by Gasteiger charge is -2.10. The summed E-state index contributed by atoms with van der Waals surface area (Å²) in [5.74, 6) is 0.924.